The average molecular weight is 285 g/mol. The molecule has 6 nitrogen and oxygen atoms in total. The van der Waals surface area contributed by atoms with Crippen molar-refractivity contribution in [3.8, 4) is 17.5 Å². The summed E-state index contributed by atoms with van der Waals surface area (Å²) >= 11 is 0. The number of hydrogen-bond acceptors (Lipinski definition) is 5. The second-order valence-corrected chi connectivity index (χ2v) is 4.09. The van der Waals surface area contributed by atoms with E-state index >= 15 is 0 Å². The zero-order valence-electron chi connectivity index (χ0n) is 11.9. The van der Waals surface area contributed by atoms with E-state index in [2.05, 4.69) is 5.10 Å². The van der Waals surface area contributed by atoms with E-state index in [-0.39, 0.29) is 18.0 Å². The topological polar surface area (TPSA) is 77.1 Å². The van der Waals surface area contributed by atoms with Gasteiger partial charge in [-0.1, -0.05) is 0 Å². The minimum atomic E-state index is -0.543. The van der Waals surface area contributed by atoms with Crippen molar-refractivity contribution in [2.45, 2.75) is 13.8 Å². The molecule has 1 aromatic carbocycles. The molecule has 6 heteroatoms. The molecule has 0 atom stereocenters. The maximum atomic E-state index is 11.7. The van der Waals surface area contributed by atoms with Gasteiger partial charge >= 0.3 is 5.97 Å². The third-order valence-corrected chi connectivity index (χ3v) is 2.70. The Kier molecular flexibility index (Phi) is 4.57. The van der Waals surface area contributed by atoms with Crippen LogP contribution in [0, 0.1) is 11.3 Å². The molecule has 0 spiro atoms. The smallest absolute Gasteiger partial charge is 0.358 e. The second-order valence-electron chi connectivity index (χ2n) is 4.09. The summed E-state index contributed by atoms with van der Waals surface area (Å²) in [6, 6.07) is 10.5. The van der Waals surface area contributed by atoms with Crippen molar-refractivity contribution in [2.24, 2.45) is 0 Å². The van der Waals surface area contributed by atoms with Gasteiger partial charge < -0.3 is 9.47 Å². The quantitative estimate of drug-likeness (QED) is 0.788. The van der Waals surface area contributed by atoms with Gasteiger partial charge in [0.15, 0.2) is 5.69 Å². The van der Waals surface area contributed by atoms with Crippen molar-refractivity contribution in [3.63, 3.8) is 0 Å². The average Bonchev–Trinajstić information content (AvgIpc) is 2.93. The summed E-state index contributed by atoms with van der Waals surface area (Å²) in [7, 11) is 0. The Balaban J connectivity index is 2.34. The van der Waals surface area contributed by atoms with Crippen LogP contribution in [0.4, 0.5) is 0 Å². The first-order valence-corrected chi connectivity index (χ1v) is 6.60. The normalized spacial score (nSPS) is 9.95. The number of nitrogens with zero attached hydrogens (tertiary/aromatic N) is 3. The lowest BCUT2D eigenvalue weighted by Crippen LogP contribution is -2.07. The zero-order valence-corrected chi connectivity index (χ0v) is 11.9. The number of ether oxygens (including phenoxy) is 2. The number of carbonyl (C=O) groups is 1. The molecule has 2 aromatic rings. The van der Waals surface area contributed by atoms with E-state index in [0.29, 0.717) is 12.3 Å². The van der Waals surface area contributed by atoms with Crippen molar-refractivity contribution in [1.82, 2.24) is 9.78 Å². The summed E-state index contributed by atoms with van der Waals surface area (Å²) < 4.78 is 11.6. The minimum Gasteiger partial charge on any atom is -0.494 e. The molecule has 0 bridgehead atoms. The standard InChI is InChI=1S/C15H15N3O3/c1-3-20-13-7-5-11(6-8-13)18-12(10-16)9-14(17-18)15(19)21-4-2/h5-9H,3-4H2,1-2H3. The third kappa shape index (κ3) is 3.20. The Morgan fingerprint density at radius 3 is 2.57 bits per heavy atom. The Morgan fingerprint density at radius 1 is 1.29 bits per heavy atom. The Bertz CT molecular complexity index is 668. The highest BCUT2D eigenvalue weighted by Gasteiger charge is 2.16. The second kappa shape index (κ2) is 6.57. The van der Waals surface area contributed by atoms with E-state index in [1.807, 2.05) is 13.0 Å². The van der Waals surface area contributed by atoms with E-state index in [4.69, 9.17) is 14.7 Å². The van der Waals surface area contributed by atoms with Gasteiger partial charge in [-0.25, -0.2) is 9.48 Å². The minimum absolute atomic E-state index is 0.113. The van der Waals surface area contributed by atoms with Crippen LogP contribution in [0.25, 0.3) is 5.69 Å². The summed E-state index contributed by atoms with van der Waals surface area (Å²) in [5, 5.41) is 13.3. The van der Waals surface area contributed by atoms with Crippen molar-refractivity contribution < 1.29 is 14.3 Å². The SMILES string of the molecule is CCOC(=O)c1cc(C#N)n(-c2ccc(OCC)cc2)n1. The molecule has 0 aliphatic carbocycles. The molecule has 2 rings (SSSR count). The largest absolute Gasteiger partial charge is 0.494 e. The number of hydrogen-bond donors (Lipinski definition) is 0. The number of benzene rings is 1. The lowest BCUT2D eigenvalue weighted by atomic mass is 10.3. The van der Waals surface area contributed by atoms with Gasteiger partial charge in [-0.3, -0.25) is 0 Å². The van der Waals surface area contributed by atoms with Gasteiger partial charge in [-0.2, -0.15) is 10.4 Å². The van der Waals surface area contributed by atoms with Crippen molar-refractivity contribution in [1.29, 1.82) is 5.26 Å². The van der Waals surface area contributed by atoms with E-state index in [9.17, 15) is 4.79 Å². The molecular formula is C15H15N3O3. The predicted molar refractivity (Wildman–Crippen MR) is 75.4 cm³/mol. The van der Waals surface area contributed by atoms with Crippen LogP contribution < -0.4 is 4.74 Å². The summed E-state index contributed by atoms with van der Waals surface area (Å²) in [4.78, 5) is 11.7. The first kappa shape index (κ1) is 14.6. The maximum absolute atomic E-state index is 11.7. The molecule has 1 aromatic heterocycles. The van der Waals surface area contributed by atoms with Crippen LogP contribution in [-0.4, -0.2) is 29.0 Å². The van der Waals surface area contributed by atoms with E-state index < -0.39 is 5.97 Å². The van der Waals surface area contributed by atoms with Crippen LogP contribution in [0.1, 0.15) is 30.0 Å². The van der Waals surface area contributed by atoms with Crippen LogP contribution >= 0.6 is 0 Å². The molecule has 0 saturated heterocycles. The molecule has 0 aliphatic heterocycles. The Hall–Kier alpha value is -2.81. The molecule has 1 heterocycles. The molecule has 0 N–H and O–H groups in total. The summed E-state index contributed by atoms with van der Waals surface area (Å²) in [5.41, 5.74) is 1.05. The molecule has 0 aliphatic rings. The van der Waals surface area contributed by atoms with E-state index in [0.717, 1.165) is 5.75 Å². The molecule has 21 heavy (non-hydrogen) atoms. The Labute approximate surface area is 122 Å². The zero-order chi connectivity index (χ0) is 15.2. The van der Waals surface area contributed by atoms with Gasteiger partial charge in [0, 0.05) is 6.07 Å². The molecule has 0 radical (unpaired) electrons. The Morgan fingerprint density at radius 2 is 2.00 bits per heavy atom. The van der Waals surface area contributed by atoms with Crippen molar-refractivity contribution >= 4 is 5.97 Å². The van der Waals surface area contributed by atoms with E-state index in [1.54, 1.807) is 31.2 Å². The van der Waals surface area contributed by atoms with E-state index in [1.165, 1.54) is 10.7 Å². The number of carbonyl (C=O) groups excluding carboxylic acids is 1. The fourth-order valence-corrected chi connectivity index (χ4v) is 1.81. The first-order valence-electron chi connectivity index (χ1n) is 6.60. The lowest BCUT2D eigenvalue weighted by molar-refractivity contribution is 0.0519. The molecule has 108 valence electrons. The highest BCUT2D eigenvalue weighted by molar-refractivity contribution is 5.87. The summed E-state index contributed by atoms with van der Waals surface area (Å²) in [6.07, 6.45) is 0. The van der Waals surface area contributed by atoms with Gasteiger partial charge in [0.2, 0.25) is 0 Å². The van der Waals surface area contributed by atoms with Crippen LogP contribution in [0.5, 0.6) is 5.75 Å². The fourth-order valence-electron chi connectivity index (χ4n) is 1.81. The third-order valence-electron chi connectivity index (χ3n) is 2.70. The predicted octanol–water partition coefficient (Wildman–Crippen LogP) is 2.32. The maximum Gasteiger partial charge on any atom is 0.358 e. The first-order chi connectivity index (χ1) is 10.2. The lowest BCUT2D eigenvalue weighted by Gasteiger charge is -2.05. The van der Waals surface area contributed by atoms with Crippen LogP contribution in [0.15, 0.2) is 30.3 Å². The molecule has 0 saturated carbocycles. The molecule has 0 unspecified atom stereocenters. The number of rotatable bonds is 5. The van der Waals surface area contributed by atoms with Crippen LogP contribution in [-0.2, 0) is 4.74 Å². The van der Waals surface area contributed by atoms with Crippen molar-refractivity contribution in [3.05, 3.63) is 41.7 Å². The summed E-state index contributed by atoms with van der Waals surface area (Å²) in [5.74, 6) is 0.191. The van der Waals surface area contributed by atoms with Gasteiger partial charge in [-0.15, -0.1) is 0 Å². The monoisotopic (exact) mass is 285 g/mol. The highest BCUT2D eigenvalue weighted by atomic mass is 16.5. The molecule has 0 fully saturated rings. The fraction of sp³-hybridized carbons (Fsp3) is 0.267. The molecule has 0 amide bonds. The van der Waals surface area contributed by atoms with Crippen LogP contribution in [0.3, 0.4) is 0 Å². The van der Waals surface area contributed by atoms with Gasteiger partial charge in [0.05, 0.1) is 18.9 Å². The van der Waals surface area contributed by atoms with Gasteiger partial charge in [-0.05, 0) is 38.1 Å². The van der Waals surface area contributed by atoms with Gasteiger partial charge in [0.25, 0.3) is 0 Å². The highest BCUT2D eigenvalue weighted by Crippen LogP contribution is 2.17. The van der Waals surface area contributed by atoms with Gasteiger partial charge in [0.1, 0.15) is 17.5 Å². The molecular weight excluding hydrogens is 270 g/mol. The number of nitriles is 1. The number of esters is 1. The van der Waals surface area contributed by atoms with Crippen molar-refractivity contribution in [2.75, 3.05) is 13.2 Å². The number of aromatic nitrogens is 2. The summed E-state index contributed by atoms with van der Waals surface area (Å²) in [6.45, 7) is 4.46. The van der Waals surface area contributed by atoms with Crippen LogP contribution in [0.2, 0.25) is 0 Å².